The van der Waals surface area contributed by atoms with Crippen LogP contribution in [0.5, 0.6) is 0 Å². The van der Waals surface area contributed by atoms with Crippen molar-refractivity contribution in [3.8, 4) is 0 Å². The fourth-order valence-electron chi connectivity index (χ4n) is 3.25. The van der Waals surface area contributed by atoms with E-state index in [4.69, 9.17) is 10.1 Å². The van der Waals surface area contributed by atoms with Crippen LogP contribution >= 0.6 is 11.8 Å². The maximum absolute atomic E-state index is 10.9. The number of likely N-dealkylation sites (tertiary alicyclic amines) is 1. The lowest BCUT2D eigenvalue weighted by Crippen LogP contribution is -2.51. The van der Waals surface area contributed by atoms with Gasteiger partial charge in [0.05, 0.1) is 11.0 Å². The second kappa shape index (κ2) is 7.72. The SMILES string of the molecule is CN(C)CCn1c(CC(C)(C)C)nc2cc(SC3CN(C(=O)O)C3)ccc21. The van der Waals surface area contributed by atoms with E-state index in [1.165, 1.54) is 10.4 Å². The molecule has 1 fully saturated rings. The van der Waals surface area contributed by atoms with Gasteiger partial charge in [0.1, 0.15) is 5.82 Å². The van der Waals surface area contributed by atoms with Gasteiger partial charge >= 0.3 is 6.09 Å². The lowest BCUT2D eigenvalue weighted by atomic mass is 9.92. The topological polar surface area (TPSA) is 61.6 Å². The van der Waals surface area contributed by atoms with Gasteiger partial charge in [-0.2, -0.15) is 0 Å². The molecule has 2 aromatic rings. The molecule has 0 saturated carbocycles. The Morgan fingerprint density at radius 2 is 2.04 bits per heavy atom. The Morgan fingerprint density at radius 3 is 2.63 bits per heavy atom. The standard InChI is InChI=1S/C20H30N4O2S/c1-20(2,3)11-18-21-16-10-14(27-15-12-23(13-15)19(25)26)6-7-17(16)24(18)9-8-22(4)5/h6-7,10,15H,8-9,11-13H2,1-5H3,(H,25,26). The molecule has 0 aliphatic carbocycles. The van der Waals surface area contributed by atoms with Crippen molar-refractivity contribution >= 4 is 28.9 Å². The van der Waals surface area contributed by atoms with Crippen LogP contribution in [0, 0.1) is 5.41 Å². The molecule has 1 amide bonds. The summed E-state index contributed by atoms with van der Waals surface area (Å²) in [5, 5.41) is 9.31. The molecule has 0 unspecified atom stereocenters. The van der Waals surface area contributed by atoms with Gasteiger partial charge in [-0.1, -0.05) is 20.8 Å². The van der Waals surface area contributed by atoms with E-state index < -0.39 is 6.09 Å². The number of carboxylic acid groups (broad SMARTS) is 1. The molecule has 1 aliphatic heterocycles. The summed E-state index contributed by atoms with van der Waals surface area (Å²) in [4.78, 5) is 20.7. The van der Waals surface area contributed by atoms with Crippen molar-refractivity contribution in [2.45, 2.75) is 43.9 Å². The summed E-state index contributed by atoms with van der Waals surface area (Å²) in [5.41, 5.74) is 2.40. The van der Waals surface area contributed by atoms with Gasteiger partial charge in [0.15, 0.2) is 0 Å². The largest absolute Gasteiger partial charge is 0.465 e. The number of rotatable bonds is 6. The molecule has 0 spiro atoms. The molecular formula is C20H30N4O2S. The van der Waals surface area contributed by atoms with E-state index in [9.17, 15) is 4.79 Å². The highest BCUT2D eigenvalue weighted by atomic mass is 32.2. The molecule has 7 heteroatoms. The minimum absolute atomic E-state index is 0.182. The lowest BCUT2D eigenvalue weighted by Gasteiger charge is -2.36. The van der Waals surface area contributed by atoms with Gasteiger partial charge in [0, 0.05) is 42.7 Å². The van der Waals surface area contributed by atoms with Gasteiger partial charge in [-0.15, -0.1) is 11.8 Å². The van der Waals surface area contributed by atoms with Crippen LogP contribution in [0.1, 0.15) is 26.6 Å². The number of carbonyl (C=O) groups is 1. The third-order valence-corrected chi connectivity index (χ3v) is 5.84. The first-order valence-corrected chi connectivity index (χ1v) is 10.3. The first kappa shape index (κ1) is 20.0. The van der Waals surface area contributed by atoms with E-state index in [1.807, 2.05) is 0 Å². The third kappa shape index (κ3) is 4.96. The molecule has 27 heavy (non-hydrogen) atoms. The number of thioether (sulfide) groups is 1. The average Bonchev–Trinajstić information content (AvgIpc) is 2.82. The summed E-state index contributed by atoms with van der Waals surface area (Å²) in [5.74, 6) is 1.14. The zero-order chi connectivity index (χ0) is 19.8. The maximum Gasteiger partial charge on any atom is 0.407 e. The van der Waals surface area contributed by atoms with Crippen LogP contribution < -0.4 is 0 Å². The van der Waals surface area contributed by atoms with Crippen LogP contribution in [0.2, 0.25) is 0 Å². The Morgan fingerprint density at radius 1 is 1.33 bits per heavy atom. The van der Waals surface area contributed by atoms with Crippen LogP contribution in [-0.2, 0) is 13.0 Å². The average molecular weight is 391 g/mol. The second-order valence-corrected chi connectivity index (χ2v) is 10.2. The normalized spacial score (nSPS) is 15.6. The number of benzene rings is 1. The maximum atomic E-state index is 10.9. The predicted octanol–water partition coefficient (Wildman–Crippen LogP) is 3.64. The van der Waals surface area contributed by atoms with Gasteiger partial charge in [0.25, 0.3) is 0 Å². The van der Waals surface area contributed by atoms with Crippen LogP contribution in [0.25, 0.3) is 11.0 Å². The van der Waals surface area contributed by atoms with E-state index >= 15 is 0 Å². The Labute approximate surface area is 165 Å². The minimum Gasteiger partial charge on any atom is -0.465 e. The van der Waals surface area contributed by atoms with Crippen molar-refractivity contribution in [2.24, 2.45) is 5.41 Å². The zero-order valence-electron chi connectivity index (χ0n) is 16.9. The second-order valence-electron chi connectivity index (χ2n) is 8.80. The van der Waals surface area contributed by atoms with E-state index in [1.54, 1.807) is 11.8 Å². The lowest BCUT2D eigenvalue weighted by molar-refractivity contribution is 0.121. The van der Waals surface area contributed by atoms with E-state index in [0.29, 0.717) is 18.3 Å². The van der Waals surface area contributed by atoms with Gasteiger partial charge in [-0.25, -0.2) is 9.78 Å². The molecule has 3 rings (SSSR count). The number of likely N-dealkylation sites (N-methyl/N-ethyl adjacent to an activating group) is 1. The molecule has 0 radical (unpaired) electrons. The molecule has 1 N–H and O–H groups in total. The molecule has 0 atom stereocenters. The number of aromatic nitrogens is 2. The minimum atomic E-state index is -0.825. The fraction of sp³-hybridized carbons (Fsp3) is 0.600. The van der Waals surface area contributed by atoms with E-state index in [0.717, 1.165) is 35.7 Å². The Kier molecular flexibility index (Phi) is 5.72. The van der Waals surface area contributed by atoms with Gasteiger partial charge in [0.2, 0.25) is 0 Å². The van der Waals surface area contributed by atoms with E-state index in [2.05, 4.69) is 62.5 Å². The Hall–Kier alpha value is -1.73. The molecule has 2 heterocycles. The highest BCUT2D eigenvalue weighted by molar-refractivity contribution is 8.00. The molecule has 1 aromatic heterocycles. The number of imidazole rings is 1. The smallest absolute Gasteiger partial charge is 0.407 e. The summed E-state index contributed by atoms with van der Waals surface area (Å²) in [6, 6.07) is 6.47. The first-order chi connectivity index (χ1) is 12.6. The number of fused-ring (bicyclic) bond motifs is 1. The molecular weight excluding hydrogens is 360 g/mol. The third-order valence-electron chi connectivity index (χ3n) is 4.68. The summed E-state index contributed by atoms with van der Waals surface area (Å²) in [6.45, 7) is 9.84. The van der Waals surface area contributed by atoms with Gasteiger partial charge in [-0.3, -0.25) is 0 Å². The van der Waals surface area contributed by atoms with Crippen molar-refractivity contribution in [1.82, 2.24) is 19.4 Å². The molecule has 1 aliphatic rings. The number of hydrogen-bond donors (Lipinski definition) is 1. The highest BCUT2D eigenvalue weighted by Crippen LogP contribution is 2.32. The van der Waals surface area contributed by atoms with Crippen molar-refractivity contribution in [1.29, 1.82) is 0 Å². The molecule has 6 nitrogen and oxygen atoms in total. The first-order valence-electron chi connectivity index (χ1n) is 9.41. The zero-order valence-corrected chi connectivity index (χ0v) is 17.7. The predicted molar refractivity (Wildman–Crippen MR) is 111 cm³/mol. The summed E-state index contributed by atoms with van der Waals surface area (Å²) < 4.78 is 2.35. The number of hydrogen-bond acceptors (Lipinski definition) is 4. The number of amides is 1. The highest BCUT2D eigenvalue weighted by Gasteiger charge is 2.31. The summed E-state index contributed by atoms with van der Waals surface area (Å²) in [6.07, 6.45) is 0.113. The molecule has 1 aromatic carbocycles. The van der Waals surface area contributed by atoms with Crippen LogP contribution in [-0.4, -0.2) is 69.5 Å². The van der Waals surface area contributed by atoms with Crippen molar-refractivity contribution in [3.63, 3.8) is 0 Å². The number of nitrogens with zero attached hydrogens (tertiary/aromatic N) is 4. The van der Waals surface area contributed by atoms with Crippen LogP contribution in [0.3, 0.4) is 0 Å². The van der Waals surface area contributed by atoms with E-state index in [-0.39, 0.29) is 5.41 Å². The van der Waals surface area contributed by atoms with Gasteiger partial charge in [-0.05, 0) is 37.7 Å². The fourth-order valence-corrected chi connectivity index (χ4v) is 4.47. The Bertz CT molecular complexity index is 819. The van der Waals surface area contributed by atoms with Crippen LogP contribution in [0.4, 0.5) is 4.79 Å². The van der Waals surface area contributed by atoms with Gasteiger partial charge < -0.3 is 19.5 Å². The molecule has 148 valence electrons. The molecule has 1 saturated heterocycles. The van der Waals surface area contributed by atoms with Crippen molar-refractivity contribution in [2.75, 3.05) is 33.7 Å². The molecule has 0 bridgehead atoms. The van der Waals surface area contributed by atoms with Crippen molar-refractivity contribution < 1.29 is 9.90 Å². The van der Waals surface area contributed by atoms with Crippen LogP contribution in [0.15, 0.2) is 23.1 Å². The summed E-state index contributed by atoms with van der Waals surface area (Å²) in [7, 11) is 4.19. The Balaban J connectivity index is 1.82. The monoisotopic (exact) mass is 390 g/mol. The quantitative estimate of drug-likeness (QED) is 0.816. The van der Waals surface area contributed by atoms with Crippen molar-refractivity contribution in [3.05, 3.63) is 24.0 Å². The summed E-state index contributed by atoms with van der Waals surface area (Å²) >= 11 is 1.75.